The summed E-state index contributed by atoms with van der Waals surface area (Å²) in [6.07, 6.45) is 57.3. The second kappa shape index (κ2) is 50.5. The second-order valence-electron chi connectivity index (χ2n) is 18.1. The van der Waals surface area contributed by atoms with E-state index in [0.29, 0.717) is 19.3 Å². The average Bonchev–Trinajstić information content (AvgIpc) is 3.26. The molecule has 61 heavy (non-hydrogen) atoms. The SMILES string of the molecule is CCCCCC/C=C\CCCCCCCC(=O)OC[C@@H](COC(=O)CCCCCCCCC/C=C\CCCCCCCC)OC(=O)CCCCCCCCCCCCCCC. The van der Waals surface area contributed by atoms with Crippen molar-refractivity contribution in [1.29, 1.82) is 0 Å². The van der Waals surface area contributed by atoms with Crippen LogP contribution in [0.1, 0.15) is 290 Å². The molecule has 0 saturated heterocycles. The van der Waals surface area contributed by atoms with Crippen LogP contribution >= 0.6 is 0 Å². The number of unbranched alkanes of at least 4 members (excludes halogenated alkanes) is 34. The molecule has 0 bridgehead atoms. The van der Waals surface area contributed by atoms with Gasteiger partial charge in [0.25, 0.3) is 0 Å². The van der Waals surface area contributed by atoms with E-state index in [1.165, 1.54) is 186 Å². The zero-order valence-corrected chi connectivity index (χ0v) is 40.9. The van der Waals surface area contributed by atoms with Crippen molar-refractivity contribution in [2.75, 3.05) is 13.2 Å². The molecule has 0 radical (unpaired) electrons. The lowest BCUT2D eigenvalue weighted by atomic mass is 10.0. The minimum atomic E-state index is -0.771. The summed E-state index contributed by atoms with van der Waals surface area (Å²) in [6.45, 7) is 6.64. The van der Waals surface area contributed by atoms with Gasteiger partial charge < -0.3 is 14.2 Å². The Balaban J connectivity index is 4.34. The third-order valence-corrected chi connectivity index (χ3v) is 11.9. The van der Waals surface area contributed by atoms with E-state index in [1.54, 1.807) is 0 Å². The molecular weight excluding hydrogens is 757 g/mol. The lowest BCUT2D eigenvalue weighted by molar-refractivity contribution is -0.167. The predicted molar refractivity (Wildman–Crippen MR) is 261 cm³/mol. The Bertz CT molecular complexity index is 989. The van der Waals surface area contributed by atoms with Gasteiger partial charge in [-0.3, -0.25) is 14.4 Å². The lowest BCUT2D eigenvalue weighted by Gasteiger charge is -2.18. The molecule has 0 aliphatic heterocycles. The molecule has 0 fully saturated rings. The van der Waals surface area contributed by atoms with Gasteiger partial charge in [0.05, 0.1) is 0 Å². The van der Waals surface area contributed by atoms with E-state index in [1.807, 2.05) is 0 Å². The normalized spacial score (nSPS) is 12.1. The van der Waals surface area contributed by atoms with Gasteiger partial charge in [0.15, 0.2) is 6.10 Å². The van der Waals surface area contributed by atoms with Crippen LogP contribution in [0.5, 0.6) is 0 Å². The Morgan fingerprint density at radius 2 is 0.541 bits per heavy atom. The maximum Gasteiger partial charge on any atom is 0.306 e. The third-order valence-electron chi connectivity index (χ3n) is 11.9. The summed E-state index contributed by atoms with van der Waals surface area (Å²) in [4.78, 5) is 38.0. The maximum absolute atomic E-state index is 12.8. The quantitative estimate of drug-likeness (QED) is 0.0262. The highest BCUT2D eigenvalue weighted by Crippen LogP contribution is 2.16. The van der Waals surface area contributed by atoms with Gasteiger partial charge in [0.2, 0.25) is 0 Å². The zero-order valence-electron chi connectivity index (χ0n) is 40.9. The van der Waals surface area contributed by atoms with E-state index < -0.39 is 6.10 Å². The van der Waals surface area contributed by atoms with Gasteiger partial charge >= 0.3 is 17.9 Å². The van der Waals surface area contributed by atoms with Crippen LogP contribution in [0.15, 0.2) is 24.3 Å². The van der Waals surface area contributed by atoms with Gasteiger partial charge in [-0.1, -0.05) is 225 Å². The summed E-state index contributed by atoms with van der Waals surface area (Å²) in [5, 5.41) is 0. The minimum absolute atomic E-state index is 0.0724. The number of hydrogen-bond acceptors (Lipinski definition) is 6. The van der Waals surface area contributed by atoms with Crippen molar-refractivity contribution in [3.8, 4) is 0 Å². The van der Waals surface area contributed by atoms with Crippen LogP contribution in [0, 0.1) is 0 Å². The second-order valence-corrected chi connectivity index (χ2v) is 18.1. The van der Waals surface area contributed by atoms with Crippen molar-refractivity contribution >= 4 is 17.9 Å². The largest absolute Gasteiger partial charge is 0.462 e. The first kappa shape index (κ1) is 58.9. The fourth-order valence-electron chi connectivity index (χ4n) is 7.84. The molecule has 6 heteroatoms. The van der Waals surface area contributed by atoms with Gasteiger partial charge in [-0.15, -0.1) is 0 Å². The summed E-state index contributed by atoms with van der Waals surface area (Å²) in [5.74, 6) is -0.871. The van der Waals surface area contributed by atoms with E-state index in [-0.39, 0.29) is 31.1 Å². The van der Waals surface area contributed by atoms with Crippen LogP contribution in [0.2, 0.25) is 0 Å². The van der Waals surface area contributed by atoms with E-state index in [4.69, 9.17) is 14.2 Å². The molecule has 6 nitrogen and oxygen atoms in total. The van der Waals surface area contributed by atoms with Crippen LogP contribution in [0.3, 0.4) is 0 Å². The Morgan fingerprint density at radius 3 is 0.836 bits per heavy atom. The van der Waals surface area contributed by atoms with Gasteiger partial charge in [-0.25, -0.2) is 0 Å². The topological polar surface area (TPSA) is 78.9 Å². The highest BCUT2D eigenvalue weighted by molar-refractivity contribution is 5.71. The molecule has 0 rings (SSSR count). The highest BCUT2D eigenvalue weighted by atomic mass is 16.6. The van der Waals surface area contributed by atoms with E-state index in [2.05, 4.69) is 45.1 Å². The van der Waals surface area contributed by atoms with Crippen molar-refractivity contribution in [3.05, 3.63) is 24.3 Å². The van der Waals surface area contributed by atoms with Gasteiger partial charge in [0, 0.05) is 19.3 Å². The Morgan fingerprint density at radius 1 is 0.311 bits per heavy atom. The first-order valence-electron chi connectivity index (χ1n) is 26.8. The summed E-state index contributed by atoms with van der Waals surface area (Å²) in [7, 11) is 0. The first-order valence-corrected chi connectivity index (χ1v) is 26.8. The van der Waals surface area contributed by atoms with Crippen molar-refractivity contribution < 1.29 is 28.6 Å². The number of esters is 3. The average molecular weight is 859 g/mol. The molecule has 0 aliphatic rings. The number of carbonyl (C=O) groups is 3. The third kappa shape index (κ3) is 48.8. The zero-order chi connectivity index (χ0) is 44.4. The lowest BCUT2D eigenvalue weighted by Crippen LogP contribution is -2.30. The molecule has 0 N–H and O–H groups in total. The van der Waals surface area contributed by atoms with Crippen LogP contribution in [0.4, 0.5) is 0 Å². The Labute approximate surface area is 379 Å². The molecule has 0 saturated carbocycles. The molecule has 0 aromatic rings. The molecule has 0 unspecified atom stereocenters. The van der Waals surface area contributed by atoms with Gasteiger partial charge in [0.1, 0.15) is 13.2 Å². The van der Waals surface area contributed by atoms with E-state index in [0.717, 1.165) is 64.2 Å². The van der Waals surface area contributed by atoms with Gasteiger partial charge in [-0.2, -0.15) is 0 Å². The van der Waals surface area contributed by atoms with Crippen molar-refractivity contribution in [2.45, 2.75) is 297 Å². The summed E-state index contributed by atoms with van der Waals surface area (Å²) >= 11 is 0. The maximum atomic E-state index is 12.8. The molecule has 0 amide bonds. The fraction of sp³-hybridized carbons (Fsp3) is 0.873. The number of rotatable bonds is 49. The van der Waals surface area contributed by atoms with Crippen LogP contribution < -0.4 is 0 Å². The number of allylic oxidation sites excluding steroid dienone is 4. The summed E-state index contributed by atoms with van der Waals surface area (Å²) < 4.78 is 16.8. The molecule has 1 atom stereocenters. The Hall–Kier alpha value is -2.11. The van der Waals surface area contributed by atoms with Crippen molar-refractivity contribution in [1.82, 2.24) is 0 Å². The number of ether oxygens (including phenoxy) is 3. The van der Waals surface area contributed by atoms with E-state index in [9.17, 15) is 14.4 Å². The fourth-order valence-corrected chi connectivity index (χ4v) is 7.84. The highest BCUT2D eigenvalue weighted by Gasteiger charge is 2.19. The van der Waals surface area contributed by atoms with Crippen molar-refractivity contribution in [2.24, 2.45) is 0 Å². The molecule has 0 aromatic carbocycles. The van der Waals surface area contributed by atoms with Gasteiger partial charge in [-0.05, 0) is 70.6 Å². The summed E-state index contributed by atoms with van der Waals surface area (Å²) in [5.41, 5.74) is 0. The van der Waals surface area contributed by atoms with Crippen LogP contribution in [0.25, 0.3) is 0 Å². The summed E-state index contributed by atoms with van der Waals surface area (Å²) in [6, 6.07) is 0. The molecular formula is C55H102O6. The van der Waals surface area contributed by atoms with Crippen LogP contribution in [-0.2, 0) is 28.6 Å². The number of carbonyl (C=O) groups excluding carboxylic acids is 3. The monoisotopic (exact) mass is 859 g/mol. The standard InChI is InChI=1S/C55H102O6/c1-4-7-10-13-16-19-22-25-26-27-28-31-33-36-39-42-45-48-54(57)60-51-52(61-55(58)49-46-43-40-37-34-30-24-21-18-15-12-9-6-3)50-59-53(56)47-44-41-38-35-32-29-23-20-17-14-11-8-5-2/h20,23,25-26,52H,4-19,21-22,24,27-51H2,1-3H3/b23-20-,26-25-/t52-/m0/s1. The molecule has 0 heterocycles. The number of hydrogen-bond donors (Lipinski definition) is 0. The Kier molecular flexibility index (Phi) is 48.8. The smallest absolute Gasteiger partial charge is 0.306 e. The predicted octanol–water partition coefficient (Wildman–Crippen LogP) is 17.5. The molecule has 0 spiro atoms. The van der Waals surface area contributed by atoms with E-state index >= 15 is 0 Å². The molecule has 0 aromatic heterocycles. The molecule has 358 valence electrons. The van der Waals surface area contributed by atoms with Crippen molar-refractivity contribution in [3.63, 3.8) is 0 Å². The minimum Gasteiger partial charge on any atom is -0.462 e. The first-order chi connectivity index (χ1) is 30.0. The van der Waals surface area contributed by atoms with Crippen LogP contribution in [-0.4, -0.2) is 37.2 Å². The molecule has 0 aliphatic carbocycles.